The molecule has 9 heteroatoms. The van der Waals surface area contributed by atoms with Crippen LogP contribution in [0, 0.1) is 0 Å². The second-order valence-electron chi connectivity index (χ2n) is 6.30. The summed E-state index contributed by atoms with van der Waals surface area (Å²) in [4.78, 5) is 4.65. The topological polar surface area (TPSA) is 77.5 Å². The van der Waals surface area contributed by atoms with E-state index in [0.29, 0.717) is 22.2 Å². The molecule has 4 aromatic rings. The number of methoxy groups -OCH3 is 2. The molecule has 0 amide bonds. The van der Waals surface area contributed by atoms with Crippen LogP contribution in [0.5, 0.6) is 11.5 Å². The zero-order valence-corrected chi connectivity index (χ0v) is 18.4. The number of halogens is 1. The maximum Gasteiger partial charge on any atom is 0.262 e. The number of ether oxygens (including phenoxy) is 2. The zero-order chi connectivity index (χ0) is 21.3. The average Bonchev–Trinajstić information content (AvgIpc) is 3.16. The van der Waals surface area contributed by atoms with E-state index >= 15 is 0 Å². The Balaban J connectivity index is 1.63. The molecule has 0 aliphatic carbocycles. The Hall–Kier alpha value is -2.81. The quantitative estimate of drug-likeness (QED) is 0.415. The van der Waals surface area contributed by atoms with Crippen molar-refractivity contribution in [1.29, 1.82) is 0 Å². The van der Waals surface area contributed by atoms with Gasteiger partial charge in [0.25, 0.3) is 10.0 Å². The molecule has 4 rings (SSSR count). The van der Waals surface area contributed by atoms with Crippen LogP contribution >= 0.6 is 22.9 Å². The summed E-state index contributed by atoms with van der Waals surface area (Å²) in [5.74, 6) is 0.768. The van der Waals surface area contributed by atoms with Gasteiger partial charge in [0.1, 0.15) is 5.01 Å². The van der Waals surface area contributed by atoms with Crippen LogP contribution in [0.15, 0.2) is 65.6 Å². The second-order valence-corrected chi connectivity index (χ2v) is 9.42. The van der Waals surface area contributed by atoms with Crippen LogP contribution in [0.25, 0.3) is 20.8 Å². The standard InChI is InChI=1S/C21H17ClN2O4S2/c1-27-18-10-8-14(12-19(18)28-2)30(25,26)24-13-7-9-15(16(22)11-13)21-23-17-5-3-4-6-20(17)29-21/h3-12,24H,1-2H3. The summed E-state index contributed by atoms with van der Waals surface area (Å²) in [5.41, 5.74) is 1.98. The largest absolute Gasteiger partial charge is 0.493 e. The fourth-order valence-electron chi connectivity index (χ4n) is 2.94. The SMILES string of the molecule is COc1ccc(S(=O)(=O)Nc2ccc(-c3nc4ccccc4s3)c(Cl)c2)cc1OC. The van der Waals surface area contributed by atoms with Crippen LogP contribution in [0.3, 0.4) is 0 Å². The predicted octanol–water partition coefficient (Wildman–Crippen LogP) is 5.43. The van der Waals surface area contributed by atoms with Crippen molar-refractivity contribution in [3.8, 4) is 22.1 Å². The molecule has 1 heterocycles. The molecule has 0 radical (unpaired) electrons. The van der Waals surface area contributed by atoms with Crippen molar-refractivity contribution in [2.75, 3.05) is 18.9 Å². The first-order chi connectivity index (χ1) is 14.4. The molecular formula is C21H17ClN2O4S2. The molecule has 0 atom stereocenters. The molecule has 0 unspecified atom stereocenters. The second kappa shape index (κ2) is 8.14. The molecule has 0 aliphatic rings. The fraction of sp³-hybridized carbons (Fsp3) is 0.0952. The lowest BCUT2D eigenvalue weighted by atomic mass is 10.2. The molecule has 1 aromatic heterocycles. The first kappa shape index (κ1) is 20.5. The molecular weight excluding hydrogens is 444 g/mol. The van der Waals surface area contributed by atoms with E-state index < -0.39 is 10.0 Å². The fourth-order valence-corrected chi connectivity index (χ4v) is 5.33. The summed E-state index contributed by atoms with van der Waals surface area (Å²) in [5, 5.41) is 1.18. The van der Waals surface area contributed by atoms with Crippen LogP contribution in [0.2, 0.25) is 5.02 Å². The molecule has 1 N–H and O–H groups in total. The number of fused-ring (bicyclic) bond motifs is 1. The van der Waals surface area contributed by atoms with Crippen LogP contribution in [0.1, 0.15) is 0 Å². The number of anilines is 1. The van der Waals surface area contributed by atoms with Gasteiger partial charge in [0.05, 0.1) is 40.0 Å². The van der Waals surface area contributed by atoms with Gasteiger partial charge in [-0.15, -0.1) is 11.3 Å². The number of rotatable bonds is 6. The minimum atomic E-state index is -3.84. The van der Waals surface area contributed by atoms with E-state index in [1.807, 2.05) is 24.3 Å². The van der Waals surface area contributed by atoms with Crippen molar-refractivity contribution in [3.63, 3.8) is 0 Å². The summed E-state index contributed by atoms with van der Waals surface area (Å²) in [6.07, 6.45) is 0. The summed E-state index contributed by atoms with van der Waals surface area (Å²) in [7, 11) is -0.911. The third kappa shape index (κ3) is 3.94. The van der Waals surface area contributed by atoms with E-state index in [0.717, 1.165) is 20.8 Å². The Morgan fingerprint density at radius 2 is 1.73 bits per heavy atom. The molecule has 0 bridgehead atoms. The van der Waals surface area contributed by atoms with Crippen molar-refractivity contribution in [3.05, 3.63) is 65.7 Å². The highest BCUT2D eigenvalue weighted by molar-refractivity contribution is 7.92. The number of thiazole rings is 1. The highest BCUT2D eigenvalue weighted by Crippen LogP contribution is 2.36. The third-order valence-corrected chi connectivity index (χ3v) is 7.17. The number of nitrogens with zero attached hydrogens (tertiary/aromatic N) is 1. The van der Waals surface area contributed by atoms with E-state index in [-0.39, 0.29) is 4.90 Å². The summed E-state index contributed by atoms with van der Waals surface area (Å²) in [6, 6.07) is 17.2. The normalized spacial score (nSPS) is 11.4. The molecule has 0 saturated heterocycles. The monoisotopic (exact) mass is 460 g/mol. The van der Waals surface area contributed by atoms with E-state index in [9.17, 15) is 8.42 Å². The predicted molar refractivity (Wildman–Crippen MR) is 120 cm³/mol. The number of hydrogen-bond donors (Lipinski definition) is 1. The Bertz CT molecular complexity index is 1300. The molecule has 0 saturated carbocycles. The maximum absolute atomic E-state index is 12.8. The number of nitrogens with one attached hydrogen (secondary N) is 1. The lowest BCUT2D eigenvalue weighted by molar-refractivity contribution is 0.354. The summed E-state index contributed by atoms with van der Waals surface area (Å²) in [6.45, 7) is 0. The molecule has 6 nitrogen and oxygen atoms in total. The molecule has 154 valence electrons. The minimum absolute atomic E-state index is 0.0477. The Kier molecular flexibility index (Phi) is 5.55. The van der Waals surface area contributed by atoms with Gasteiger partial charge in [0.2, 0.25) is 0 Å². The van der Waals surface area contributed by atoms with Crippen molar-refractivity contribution in [2.24, 2.45) is 0 Å². The van der Waals surface area contributed by atoms with Gasteiger partial charge in [-0.2, -0.15) is 0 Å². The van der Waals surface area contributed by atoms with Crippen molar-refractivity contribution in [1.82, 2.24) is 4.98 Å². The van der Waals surface area contributed by atoms with Gasteiger partial charge < -0.3 is 9.47 Å². The first-order valence-corrected chi connectivity index (χ1v) is 11.5. The first-order valence-electron chi connectivity index (χ1n) is 8.81. The Morgan fingerprint density at radius 1 is 0.967 bits per heavy atom. The van der Waals surface area contributed by atoms with Crippen molar-refractivity contribution >= 4 is 48.9 Å². The van der Waals surface area contributed by atoms with Crippen LogP contribution in [0.4, 0.5) is 5.69 Å². The van der Waals surface area contributed by atoms with Crippen LogP contribution in [-0.4, -0.2) is 27.6 Å². The lowest BCUT2D eigenvalue weighted by Gasteiger charge is -2.12. The van der Waals surface area contributed by atoms with Gasteiger partial charge in [-0.25, -0.2) is 13.4 Å². The number of sulfonamides is 1. The number of hydrogen-bond acceptors (Lipinski definition) is 6. The Morgan fingerprint density at radius 3 is 2.43 bits per heavy atom. The van der Waals surface area contributed by atoms with Crippen LogP contribution in [-0.2, 0) is 10.0 Å². The van der Waals surface area contributed by atoms with Gasteiger partial charge >= 0.3 is 0 Å². The van der Waals surface area contributed by atoms with Crippen molar-refractivity contribution in [2.45, 2.75) is 4.90 Å². The highest BCUT2D eigenvalue weighted by atomic mass is 35.5. The smallest absolute Gasteiger partial charge is 0.262 e. The molecule has 3 aromatic carbocycles. The summed E-state index contributed by atoms with van der Waals surface area (Å²) >= 11 is 7.98. The minimum Gasteiger partial charge on any atom is -0.493 e. The zero-order valence-electron chi connectivity index (χ0n) is 16.0. The van der Waals surface area contributed by atoms with Gasteiger partial charge in [0, 0.05) is 11.6 Å². The number of aromatic nitrogens is 1. The van der Waals surface area contributed by atoms with Crippen LogP contribution < -0.4 is 14.2 Å². The molecule has 0 spiro atoms. The van der Waals surface area contributed by atoms with E-state index in [1.165, 1.54) is 43.8 Å². The molecule has 30 heavy (non-hydrogen) atoms. The summed E-state index contributed by atoms with van der Waals surface area (Å²) < 4.78 is 39.5. The molecule has 0 aliphatic heterocycles. The van der Waals surface area contributed by atoms with Gasteiger partial charge in [-0.3, -0.25) is 4.72 Å². The number of benzene rings is 3. The van der Waals surface area contributed by atoms with E-state index in [2.05, 4.69) is 9.71 Å². The van der Waals surface area contributed by atoms with Gasteiger partial charge in [-0.1, -0.05) is 23.7 Å². The maximum atomic E-state index is 12.8. The van der Waals surface area contributed by atoms with E-state index in [4.69, 9.17) is 21.1 Å². The number of para-hydroxylation sites is 1. The lowest BCUT2D eigenvalue weighted by Crippen LogP contribution is -2.13. The highest BCUT2D eigenvalue weighted by Gasteiger charge is 2.18. The van der Waals surface area contributed by atoms with E-state index in [1.54, 1.807) is 18.2 Å². The van der Waals surface area contributed by atoms with Gasteiger partial charge in [0.15, 0.2) is 11.5 Å². The molecule has 0 fully saturated rings. The van der Waals surface area contributed by atoms with Crippen molar-refractivity contribution < 1.29 is 17.9 Å². The third-order valence-electron chi connectivity index (χ3n) is 4.41. The Labute approximate surface area is 183 Å². The van der Waals surface area contributed by atoms with Gasteiger partial charge in [-0.05, 0) is 42.5 Å². The average molecular weight is 461 g/mol.